The Balaban J connectivity index is 1.82. The molecule has 0 aliphatic carbocycles. The van der Waals surface area contributed by atoms with Crippen LogP contribution in [0.1, 0.15) is 62.5 Å². The highest BCUT2D eigenvalue weighted by Crippen LogP contribution is 2.26. The lowest BCUT2D eigenvalue weighted by Crippen LogP contribution is -2.40. The van der Waals surface area contributed by atoms with Crippen molar-refractivity contribution in [3.63, 3.8) is 0 Å². The Morgan fingerprint density at radius 1 is 1.06 bits per heavy atom. The van der Waals surface area contributed by atoms with E-state index in [1.54, 1.807) is 29.2 Å². The molecule has 3 rings (SSSR count). The van der Waals surface area contributed by atoms with E-state index in [2.05, 4.69) is 46.8 Å². The molecule has 1 heterocycles. The van der Waals surface area contributed by atoms with Crippen LogP contribution >= 0.6 is 0 Å². The van der Waals surface area contributed by atoms with E-state index in [1.807, 2.05) is 12.1 Å². The SMILES string of the molecule is CC(C)COc1ccc(C(=O)N(Cc2ccc(C(C)(C)C)cc2)[C@@H]2CCS(=O)(=O)C2)cc1. The number of amides is 1. The van der Waals surface area contributed by atoms with Gasteiger partial charge in [0.1, 0.15) is 5.75 Å². The summed E-state index contributed by atoms with van der Waals surface area (Å²) in [5.74, 6) is 1.15. The lowest BCUT2D eigenvalue weighted by atomic mass is 9.86. The first-order valence-electron chi connectivity index (χ1n) is 11.3. The fourth-order valence-electron chi connectivity index (χ4n) is 3.82. The Hall–Kier alpha value is -2.34. The standard InChI is InChI=1S/C26H35NO4S/c1-19(2)17-31-24-12-8-21(9-13-24)25(28)27(23-14-15-32(29,30)18-23)16-20-6-10-22(11-7-20)26(3,4)5/h6-13,19,23H,14-18H2,1-5H3/t23-/m1/s1. The largest absolute Gasteiger partial charge is 0.493 e. The molecule has 2 aromatic rings. The van der Waals surface area contributed by atoms with Crippen LogP contribution in [0.2, 0.25) is 0 Å². The third-order valence-electron chi connectivity index (χ3n) is 5.77. The molecule has 1 amide bonds. The van der Waals surface area contributed by atoms with Gasteiger partial charge in [0, 0.05) is 18.2 Å². The molecule has 0 N–H and O–H groups in total. The van der Waals surface area contributed by atoms with Gasteiger partial charge in [-0.1, -0.05) is 58.9 Å². The van der Waals surface area contributed by atoms with Crippen molar-refractivity contribution in [2.75, 3.05) is 18.1 Å². The first kappa shape index (κ1) is 24.3. The summed E-state index contributed by atoms with van der Waals surface area (Å²) >= 11 is 0. The van der Waals surface area contributed by atoms with Crippen LogP contribution in [-0.4, -0.2) is 43.4 Å². The molecule has 0 aromatic heterocycles. The summed E-state index contributed by atoms with van der Waals surface area (Å²) < 4.78 is 30.0. The average molecular weight is 458 g/mol. The van der Waals surface area contributed by atoms with Crippen LogP contribution < -0.4 is 4.74 Å². The van der Waals surface area contributed by atoms with Crippen LogP contribution in [-0.2, 0) is 21.8 Å². The first-order chi connectivity index (χ1) is 14.9. The average Bonchev–Trinajstić information content (AvgIpc) is 3.09. The topological polar surface area (TPSA) is 63.7 Å². The van der Waals surface area contributed by atoms with Crippen LogP contribution in [0.3, 0.4) is 0 Å². The second kappa shape index (κ2) is 9.65. The molecule has 0 spiro atoms. The Morgan fingerprint density at radius 2 is 1.69 bits per heavy atom. The maximum absolute atomic E-state index is 13.4. The molecule has 32 heavy (non-hydrogen) atoms. The molecule has 5 nitrogen and oxygen atoms in total. The molecular formula is C26H35NO4S. The lowest BCUT2D eigenvalue weighted by Gasteiger charge is -2.29. The van der Waals surface area contributed by atoms with Gasteiger partial charge in [0.2, 0.25) is 0 Å². The first-order valence-corrected chi connectivity index (χ1v) is 13.1. The Labute approximate surface area is 192 Å². The van der Waals surface area contributed by atoms with Crippen molar-refractivity contribution in [3.05, 3.63) is 65.2 Å². The highest BCUT2D eigenvalue weighted by atomic mass is 32.2. The summed E-state index contributed by atoms with van der Waals surface area (Å²) in [7, 11) is -3.11. The van der Waals surface area contributed by atoms with E-state index in [4.69, 9.17) is 4.74 Å². The summed E-state index contributed by atoms with van der Waals surface area (Å²) in [6.07, 6.45) is 0.476. The summed E-state index contributed by atoms with van der Waals surface area (Å²) in [4.78, 5) is 15.2. The fraction of sp³-hybridized carbons (Fsp3) is 0.500. The van der Waals surface area contributed by atoms with E-state index in [9.17, 15) is 13.2 Å². The van der Waals surface area contributed by atoms with Crippen molar-refractivity contribution in [1.29, 1.82) is 0 Å². The van der Waals surface area contributed by atoms with E-state index in [0.29, 0.717) is 31.1 Å². The van der Waals surface area contributed by atoms with E-state index >= 15 is 0 Å². The highest BCUT2D eigenvalue weighted by Gasteiger charge is 2.35. The highest BCUT2D eigenvalue weighted by molar-refractivity contribution is 7.91. The fourth-order valence-corrected chi connectivity index (χ4v) is 5.55. The predicted octanol–water partition coefficient (Wildman–Crippen LogP) is 4.85. The summed E-state index contributed by atoms with van der Waals surface area (Å²) in [5.41, 5.74) is 2.80. The van der Waals surface area contributed by atoms with Gasteiger partial charge in [0.15, 0.2) is 9.84 Å². The van der Waals surface area contributed by atoms with Crippen molar-refractivity contribution in [3.8, 4) is 5.75 Å². The van der Waals surface area contributed by atoms with Crippen molar-refractivity contribution in [2.45, 2.75) is 59.0 Å². The summed E-state index contributed by atoms with van der Waals surface area (Å²) in [6.45, 7) is 11.7. The molecule has 1 saturated heterocycles. The predicted molar refractivity (Wildman–Crippen MR) is 129 cm³/mol. The number of sulfone groups is 1. The number of nitrogens with zero attached hydrogens (tertiary/aromatic N) is 1. The van der Waals surface area contributed by atoms with Crippen molar-refractivity contribution in [1.82, 2.24) is 4.90 Å². The van der Waals surface area contributed by atoms with Gasteiger partial charge >= 0.3 is 0 Å². The normalized spacial score (nSPS) is 18.0. The van der Waals surface area contributed by atoms with Gasteiger partial charge in [-0.2, -0.15) is 0 Å². The number of ether oxygens (including phenoxy) is 1. The molecule has 0 saturated carbocycles. The molecule has 174 valence electrons. The van der Waals surface area contributed by atoms with Crippen molar-refractivity contribution in [2.24, 2.45) is 5.92 Å². The molecule has 0 radical (unpaired) electrons. The molecule has 2 aromatic carbocycles. The molecule has 1 aliphatic heterocycles. The van der Waals surface area contributed by atoms with Crippen molar-refractivity contribution < 1.29 is 17.9 Å². The van der Waals surface area contributed by atoms with Gasteiger partial charge in [-0.25, -0.2) is 8.42 Å². The number of rotatable bonds is 7. The van der Waals surface area contributed by atoms with Gasteiger partial charge in [-0.3, -0.25) is 4.79 Å². The number of hydrogen-bond acceptors (Lipinski definition) is 4. The Kier molecular flexibility index (Phi) is 7.33. The van der Waals surface area contributed by atoms with E-state index in [1.165, 1.54) is 5.56 Å². The number of carbonyl (C=O) groups excluding carboxylic acids is 1. The summed E-state index contributed by atoms with van der Waals surface area (Å²) in [5, 5.41) is 0. The molecular weight excluding hydrogens is 422 g/mol. The second-order valence-electron chi connectivity index (χ2n) is 10.2. The third-order valence-corrected chi connectivity index (χ3v) is 7.52. The number of benzene rings is 2. The van der Waals surface area contributed by atoms with Gasteiger partial charge in [0.25, 0.3) is 5.91 Å². The Morgan fingerprint density at radius 3 is 2.19 bits per heavy atom. The van der Waals surface area contributed by atoms with E-state index < -0.39 is 9.84 Å². The second-order valence-corrected chi connectivity index (χ2v) is 12.4. The minimum Gasteiger partial charge on any atom is -0.493 e. The van der Waals surface area contributed by atoms with Crippen LogP contribution in [0, 0.1) is 5.92 Å². The number of carbonyl (C=O) groups is 1. The van der Waals surface area contributed by atoms with Crippen LogP contribution in [0.4, 0.5) is 0 Å². The van der Waals surface area contributed by atoms with Gasteiger partial charge < -0.3 is 9.64 Å². The van der Waals surface area contributed by atoms with Gasteiger partial charge in [0.05, 0.1) is 18.1 Å². The van der Waals surface area contributed by atoms with Gasteiger partial charge in [-0.05, 0) is 53.1 Å². The molecule has 0 bridgehead atoms. The van der Waals surface area contributed by atoms with Crippen LogP contribution in [0.5, 0.6) is 5.75 Å². The Bertz CT molecular complexity index is 1020. The molecule has 0 unspecified atom stereocenters. The quantitative estimate of drug-likeness (QED) is 0.596. The monoisotopic (exact) mass is 457 g/mol. The van der Waals surface area contributed by atoms with Crippen molar-refractivity contribution >= 4 is 15.7 Å². The summed E-state index contributed by atoms with van der Waals surface area (Å²) in [6, 6.07) is 15.1. The van der Waals surface area contributed by atoms with E-state index in [-0.39, 0.29) is 28.9 Å². The molecule has 1 fully saturated rings. The zero-order chi connectivity index (χ0) is 23.5. The molecule has 1 aliphatic rings. The van der Waals surface area contributed by atoms with Crippen LogP contribution in [0.25, 0.3) is 0 Å². The van der Waals surface area contributed by atoms with Gasteiger partial charge in [-0.15, -0.1) is 0 Å². The lowest BCUT2D eigenvalue weighted by molar-refractivity contribution is 0.0681. The minimum atomic E-state index is -3.11. The zero-order valence-electron chi connectivity index (χ0n) is 19.8. The van der Waals surface area contributed by atoms with Crippen LogP contribution in [0.15, 0.2) is 48.5 Å². The third kappa shape index (κ3) is 6.35. The molecule has 1 atom stereocenters. The zero-order valence-corrected chi connectivity index (χ0v) is 20.6. The minimum absolute atomic E-state index is 0.0222. The smallest absolute Gasteiger partial charge is 0.254 e. The maximum Gasteiger partial charge on any atom is 0.254 e. The maximum atomic E-state index is 13.4. The number of hydrogen-bond donors (Lipinski definition) is 0. The molecule has 6 heteroatoms. The van der Waals surface area contributed by atoms with E-state index in [0.717, 1.165) is 11.3 Å².